The normalized spacial score (nSPS) is 15.2. The van der Waals surface area contributed by atoms with Crippen LogP contribution in [0.15, 0.2) is 24.3 Å². The number of carbonyl (C=O) groups excluding carboxylic acids is 1. The molecule has 2 N–H and O–H groups in total. The molecule has 0 bridgehead atoms. The second-order valence-electron chi connectivity index (χ2n) is 6.77. The van der Waals surface area contributed by atoms with Crippen LogP contribution in [-0.4, -0.2) is 21.9 Å². The summed E-state index contributed by atoms with van der Waals surface area (Å²) < 4.78 is 15.1. The summed E-state index contributed by atoms with van der Waals surface area (Å²) in [5, 5.41) is 10.5. The van der Waals surface area contributed by atoms with Crippen molar-refractivity contribution in [3.8, 4) is 0 Å². The highest BCUT2D eigenvalue weighted by Crippen LogP contribution is 2.21. The van der Waals surface area contributed by atoms with E-state index in [0.717, 1.165) is 35.5 Å². The van der Waals surface area contributed by atoms with Gasteiger partial charge in [-0.15, -0.1) is 0 Å². The Morgan fingerprint density at radius 2 is 2.04 bits per heavy atom. The first-order valence-corrected chi connectivity index (χ1v) is 8.89. The molecule has 0 spiro atoms. The van der Waals surface area contributed by atoms with Crippen LogP contribution in [0.1, 0.15) is 49.1 Å². The number of nitrogens with zero attached hydrogens (tertiary/aromatic N) is 2. The summed E-state index contributed by atoms with van der Waals surface area (Å²) in [4.78, 5) is 12.3. The summed E-state index contributed by atoms with van der Waals surface area (Å²) in [5.74, 6) is -0.260. The minimum absolute atomic E-state index is 0.177. The molecule has 0 radical (unpaired) electrons. The van der Waals surface area contributed by atoms with E-state index >= 15 is 0 Å². The maximum Gasteiger partial charge on any atom is 0.319 e. The lowest BCUT2D eigenvalue weighted by Crippen LogP contribution is -2.39. The maximum atomic E-state index is 13.4. The van der Waals surface area contributed by atoms with Gasteiger partial charge in [0.05, 0.1) is 23.6 Å². The molecule has 0 aliphatic heterocycles. The van der Waals surface area contributed by atoms with E-state index in [1.54, 1.807) is 10.7 Å². The Morgan fingerprint density at radius 1 is 1.28 bits per heavy atom. The number of amides is 2. The fraction of sp³-hybridized carbons (Fsp3) is 0.474. The topological polar surface area (TPSA) is 59.0 Å². The molecular formula is C19H25FN4O. The van der Waals surface area contributed by atoms with Gasteiger partial charge in [-0.3, -0.25) is 4.68 Å². The van der Waals surface area contributed by atoms with Crippen molar-refractivity contribution in [1.82, 2.24) is 15.1 Å². The Labute approximate surface area is 147 Å². The van der Waals surface area contributed by atoms with Crippen LogP contribution in [0.25, 0.3) is 0 Å². The molecule has 134 valence electrons. The van der Waals surface area contributed by atoms with E-state index in [-0.39, 0.29) is 17.9 Å². The van der Waals surface area contributed by atoms with Gasteiger partial charge in [-0.25, -0.2) is 9.18 Å². The molecule has 1 fully saturated rings. The highest BCUT2D eigenvalue weighted by molar-refractivity contribution is 5.90. The molecule has 1 saturated carbocycles. The monoisotopic (exact) mass is 344 g/mol. The number of hydrogen-bond acceptors (Lipinski definition) is 2. The fourth-order valence-electron chi connectivity index (χ4n) is 3.42. The third-order valence-electron chi connectivity index (χ3n) is 4.78. The van der Waals surface area contributed by atoms with Gasteiger partial charge in [0.15, 0.2) is 0 Å². The summed E-state index contributed by atoms with van der Waals surface area (Å²) in [5.41, 5.74) is 3.18. The molecule has 1 aliphatic carbocycles. The minimum atomic E-state index is -0.260. The van der Waals surface area contributed by atoms with Gasteiger partial charge in [-0.1, -0.05) is 31.4 Å². The second kappa shape index (κ2) is 7.68. The molecule has 0 unspecified atom stereocenters. The van der Waals surface area contributed by atoms with Gasteiger partial charge in [0, 0.05) is 6.04 Å². The Morgan fingerprint density at radius 3 is 2.76 bits per heavy atom. The highest BCUT2D eigenvalue weighted by Gasteiger charge is 2.18. The summed E-state index contributed by atoms with van der Waals surface area (Å²) in [7, 11) is 0. The number of urea groups is 1. The van der Waals surface area contributed by atoms with Gasteiger partial charge in [0.25, 0.3) is 0 Å². The summed E-state index contributed by atoms with van der Waals surface area (Å²) in [6, 6.07) is 6.56. The molecule has 0 atom stereocenters. The van der Waals surface area contributed by atoms with Gasteiger partial charge in [0.2, 0.25) is 0 Å². The van der Waals surface area contributed by atoms with E-state index in [9.17, 15) is 9.18 Å². The Kier molecular flexibility index (Phi) is 5.36. The van der Waals surface area contributed by atoms with Crippen LogP contribution in [-0.2, 0) is 6.54 Å². The first-order valence-electron chi connectivity index (χ1n) is 8.89. The molecule has 6 heteroatoms. The first kappa shape index (κ1) is 17.5. The molecule has 1 heterocycles. The lowest BCUT2D eigenvalue weighted by molar-refractivity contribution is 0.244. The molecule has 25 heavy (non-hydrogen) atoms. The van der Waals surface area contributed by atoms with Crippen molar-refractivity contribution in [1.29, 1.82) is 0 Å². The highest BCUT2D eigenvalue weighted by atomic mass is 19.1. The van der Waals surface area contributed by atoms with E-state index < -0.39 is 0 Å². The van der Waals surface area contributed by atoms with Crippen molar-refractivity contribution >= 4 is 11.7 Å². The van der Waals surface area contributed by atoms with Crippen molar-refractivity contribution in [2.75, 3.05) is 5.32 Å². The molecule has 5 nitrogen and oxygen atoms in total. The largest absolute Gasteiger partial charge is 0.335 e. The van der Waals surface area contributed by atoms with Gasteiger partial charge >= 0.3 is 6.03 Å². The number of nitrogens with one attached hydrogen (secondary N) is 2. The van der Waals surface area contributed by atoms with E-state index in [1.807, 2.05) is 19.9 Å². The molecule has 2 aromatic rings. The Bertz CT molecular complexity index is 750. The van der Waals surface area contributed by atoms with Crippen LogP contribution >= 0.6 is 0 Å². The van der Waals surface area contributed by atoms with E-state index in [0.29, 0.717) is 6.54 Å². The number of benzene rings is 1. The van der Waals surface area contributed by atoms with Gasteiger partial charge in [-0.2, -0.15) is 5.10 Å². The fourth-order valence-corrected chi connectivity index (χ4v) is 3.42. The second-order valence-corrected chi connectivity index (χ2v) is 6.77. The molecule has 1 aromatic heterocycles. The van der Waals surface area contributed by atoms with Crippen LogP contribution in [0.4, 0.5) is 14.9 Å². The predicted octanol–water partition coefficient (Wildman–Crippen LogP) is 4.14. The van der Waals surface area contributed by atoms with E-state index in [1.165, 1.54) is 31.4 Å². The third kappa shape index (κ3) is 4.38. The molecule has 1 aliphatic rings. The molecule has 0 saturated heterocycles. The smallest absolute Gasteiger partial charge is 0.319 e. The third-order valence-corrected chi connectivity index (χ3v) is 4.78. The van der Waals surface area contributed by atoms with Crippen molar-refractivity contribution in [3.63, 3.8) is 0 Å². The van der Waals surface area contributed by atoms with Crippen LogP contribution in [0, 0.1) is 19.7 Å². The molecule has 3 rings (SSSR count). The number of halogens is 1. The summed E-state index contributed by atoms with van der Waals surface area (Å²) >= 11 is 0. The average molecular weight is 344 g/mol. The minimum Gasteiger partial charge on any atom is -0.335 e. The Balaban J connectivity index is 1.67. The number of aromatic nitrogens is 2. The van der Waals surface area contributed by atoms with Crippen LogP contribution in [0.5, 0.6) is 0 Å². The van der Waals surface area contributed by atoms with Crippen LogP contribution in [0.2, 0.25) is 0 Å². The SMILES string of the molecule is Cc1nn(Cc2cccc(F)c2)c(C)c1NC(=O)NC1CCCCC1. The van der Waals surface area contributed by atoms with Gasteiger partial charge < -0.3 is 10.6 Å². The van der Waals surface area contributed by atoms with Gasteiger partial charge in [-0.05, 0) is 44.4 Å². The predicted molar refractivity (Wildman–Crippen MR) is 96.2 cm³/mol. The molecule has 2 amide bonds. The van der Waals surface area contributed by atoms with Crippen molar-refractivity contribution < 1.29 is 9.18 Å². The van der Waals surface area contributed by atoms with E-state index in [4.69, 9.17) is 0 Å². The summed E-state index contributed by atoms with van der Waals surface area (Å²) in [6.07, 6.45) is 5.70. The Hall–Kier alpha value is -2.37. The summed E-state index contributed by atoms with van der Waals surface area (Å²) in [6.45, 7) is 4.25. The van der Waals surface area contributed by atoms with Crippen molar-refractivity contribution in [2.24, 2.45) is 0 Å². The van der Waals surface area contributed by atoms with Crippen molar-refractivity contribution in [2.45, 2.75) is 58.5 Å². The number of aryl methyl sites for hydroxylation is 1. The van der Waals surface area contributed by atoms with Crippen molar-refractivity contribution in [3.05, 3.63) is 47.0 Å². The number of anilines is 1. The van der Waals surface area contributed by atoms with Gasteiger partial charge in [0.1, 0.15) is 5.82 Å². The maximum absolute atomic E-state index is 13.4. The zero-order valence-corrected chi connectivity index (χ0v) is 14.8. The standard InChI is InChI=1S/C19H25FN4O/c1-13-18(22-19(25)21-17-9-4-3-5-10-17)14(2)24(23-13)12-15-7-6-8-16(20)11-15/h6-8,11,17H,3-5,9-10,12H2,1-2H3,(H2,21,22,25). The molecule has 1 aromatic carbocycles. The molecular weight excluding hydrogens is 319 g/mol. The number of rotatable bonds is 4. The number of carbonyl (C=O) groups is 1. The lowest BCUT2D eigenvalue weighted by Gasteiger charge is -2.22. The first-order chi connectivity index (χ1) is 12.0. The van der Waals surface area contributed by atoms with Crippen LogP contribution in [0.3, 0.4) is 0 Å². The average Bonchev–Trinajstić information content (AvgIpc) is 2.83. The van der Waals surface area contributed by atoms with Crippen LogP contribution < -0.4 is 10.6 Å². The number of hydrogen-bond donors (Lipinski definition) is 2. The zero-order valence-electron chi connectivity index (χ0n) is 14.8. The quantitative estimate of drug-likeness (QED) is 0.876. The zero-order chi connectivity index (χ0) is 17.8. The lowest BCUT2D eigenvalue weighted by atomic mass is 9.96. The van der Waals surface area contributed by atoms with E-state index in [2.05, 4.69) is 15.7 Å².